The molecule has 0 aliphatic heterocycles. The van der Waals surface area contributed by atoms with Crippen molar-refractivity contribution in [2.24, 2.45) is 11.8 Å². The van der Waals surface area contributed by atoms with Crippen LogP contribution in [0.4, 0.5) is 8.78 Å². The summed E-state index contributed by atoms with van der Waals surface area (Å²) in [4.78, 5) is 22.3. The van der Waals surface area contributed by atoms with E-state index in [1.54, 1.807) is 0 Å². The Morgan fingerprint density at radius 3 is 2.35 bits per heavy atom. The first-order valence-corrected chi connectivity index (χ1v) is 10.1. The molecule has 152 valence electrons. The molecule has 1 fully saturated rings. The van der Waals surface area contributed by atoms with E-state index in [9.17, 15) is 23.5 Å². The van der Waals surface area contributed by atoms with E-state index < -0.39 is 23.8 Å². The number of rotatable bonds is 14. The Morgan fingerprint density at radius 1 is 1.00 bits per heavy atom. The summed E-state index contributed by atoms with van der Waals surface area (Å²) in [5, 5.41) is 18.8. The number of aliphatic hydroxyl groups is 1. The summed E-state index contributed by atoms with van der Waals surface area (Å²) in [6.07, 6.45) is 6.34. The molecule has 2 N–H and O–H groups in total. The van der Waals surface area contributed by atoms with Gasteiger partial charge in [0.2, 0.25) is 5.78 Å². The van der Waals surface area contributed by atoms with Crippen LogP contribution in [0.15, 0.2) is 0 Å². The maximum absolute atomic E-state index is 13.8. The number of carbonyl (C=O) groups excluding carboxylic acids is 1. The van der Waals surface area contributed by atoms with Crippen LogP contribution in [0.25, 0.3) is 0 Å². The SMILES string of the molecule is CCCCC(F)(F)C(=O)CC[C@H]1CCC(O)C1CCCCCCC(=O)O. The molecule has 0 aromatic rings. The second kappa shape index (κ2) is 11.6. The fraction of sp³-hybridized carbons (Fsp3) is 0.900. The number of alkyl halides is 2. The summed E-state index contributed by atoms with van der Waals surface area (Å²) in [7, 11) is 0. The molecule has 0 amide bonds. The lowest BCUT2D eigenvalue weighted by atomic mass is 9.85. The summed E-state index contributed by atoms with van der Waals surface area (Å²) < 4.78 is 27.6. The molecule has 26 heavy (non-hydrogen) atoms. The second-order valence-electron chi connectivity index (χ2n) is 7.69. The zero-order valence-electron chi connectivity index (χ0n) is 15.9. The first kappa shape index (κ1) is 23.0. The van der Waals surface area contributed by atoms with E-state index in [-0.39, 0.29) is 31.1 Å². The van der Waals surface area contributed by atoms with Crippen LogP contribution in [0.2, 0.25) is 0 Å². The van der Waals surface area contributed by atoms with Crippen LogP contribution in [0.3, 0.4) is 0 Å². The zero-order chi connectivity index (χ0) is 19.6. The molecule has 0 bridgehead atoms. The molecule has 1 aliphatic rings. The van der Waals surface area contributed by atoms with Gasteiger partial charge in [0.05, 0.1) is 6.10 Å². The van der Waals surface area contributed by atoms with E-state index >= 15 is 0 Å². The molecule has 0 spiro atoms. The smallest absolute Gasteiger partial charge is 0.305 e. The average molecular weight is 376 g/mol. The maximum atomic E-state index is 13.8. The van der Waals surface area contributed by atoms with Crippen molar-refractivity contribution in [2.75, 3.05) is 0 Å². The summed E-state index contributed by atoms with van der Waals surface area (Å²) in [6, 6.07) is 0. The number of aliphatic carboxylic acids is 1. The van der Waals surface area contributed by atoms with Crippen molar-refractivity contribution < 1.29 is 28.6 Å². The van der Waals surface area contributed by atoms with Gasteiger partial charge in [-0.05, 0) is 50.4 Å². The van der Waals surface area contributed by atoms with Gasteiger partial charge in [0.25, 0.3) is 0 Å². The Bertz CT molecular complexity index is 440. The Kier molecular flexibility index (Phi) is 10.3. The standard InChI is InChI=1S/C20H34F2O4/c1-2-3-14-20(21,22)18(24)13-11-15-10-12-17(23)16(15)8-6-4-5-7-9-19(25)26/h15-17,23H,2-14H2,1H3,(H,25,26)/t15-,16?,17?/m1/s1. The van der Waals surface area contributed by atoms with Gasteiger partial charge < -0.3 is 10.2 Å². The maximum Gasteiger partial charge on any atom is 0.305 e. The Morgan fingerprint density at radius 2 is 1.69 bits per heavy atom. The number of halogens is 2. The molecular weight excluding hydrogens is 342 g/mol. The Labute approximate surface area is 155 Å². The average Bonchev–Trinajstić information content (AvgIpc) is 2.93. The molecular formula is C20H34F2O4. The van der Waals surface area contributed by atoms with E-state index in [0.717, 1.165) is 32.1 Å². The predicted molar refractivity (Wildman–Crippen MR) is 96.3 cm³/mol. The van der Waals surface area contributed by atoms with Gasteiger partial charge in [0.15, 0.2) is 0 Å². The molecule has 4 nitrogen and oxygen atoms in total. The van der Waals surface area contributed by atoms with Crippen molar-refractivity contribution in [1.29, 1.82) is 0 Å². The Hall–Kier alpha value is -1.04. The van der Waals surface area contributed by atoms with Crippen LogP contribution in [-0.2, 0) is 9.59 Å². The lowest BCUT2D eigenvalue weighted by molar-refractivity contribution is -0.144. The van der Waals surface area contributed by atoms with E-state index in [1.165, 1.54) is 0 Å². The molecule has 2 unspecified atom stereocenters. The van der Waals surface area contributed by atoms with Gasteiger partial charge in [-0.1, -0.05) is 32.6 Å². The minimum absolute atomic E-state index is 0.0755. The van der Waals surface area contributed by atoms with E-state index in [4.69, 9.17) is 5.11 Å². The number of hydrogen-bond donors (Lipinski definition) is 2. The van der Waals surface area contributed by atoms with Gasteiger partial charge in [0, 0.05) is 19.3 Å². The molecule has 0 saturated heterocycles. The van der Waals surface area contributed by atoms with Crippen LogP contribution in [0, 0.1) is 11.8 Å². The third-order valence-corrected chi connectivity index (χ3v) is 5.61. The van der Waals surface area contributed by atoms with E-state index in [0.29, 0.717) is 32.1 Å². The minimum atomic E-state index is -3.22. The van der Waals surface area contributed by atoms with Gasteiger partial charge in [-0.2, -0.15) is 8.78 Å². The number of ketones is 1. The molecule has 0 radical (unpaired) electrons. The number of unbranched alkanes of at least 4 members (excludes halogenated alkanes) is 4. The van der Waals surface area contributed by atoms with Crippen LogP contribution in [-0.4, -0.2) is 34.0 Å². The lowest BCUT2D eigenvalue weighted by Crippen LogP contribution is -2.29. The van der Waals surface area contributed by atoms with E-state index in [1.807, 2.05) is 6.92 Å². The normalized spacial score (nSPS) is 23.3. The van der Waals surface area contributed by atoms with E-state index in [2.05, 4.69) is 0 Å². The second-order valence-corrected chi connectivity index (χ2v) is 7.69. The fourth-order valence-electron chi connectivity index (χ4n) is 3.96. The van der Waals surface area contributed by atoms with Gasteiger partial charge in [-0.15, -0.1) is 0 Å². The van der Waals surface area contributed by atoms with Crippen molar-refractivity contribution in [2.45, 2.75) is 102 Å². The highest BCUT2D eigenvalue weighted by molar-refractivity contribution is 5.85. The van der Waals surface area contributed by atoms with Gasteiger partial charge in [-0.3, -0.25) is 9.59 Å². The van der Waals surface area contributed by atoms with Crippen molar-refractivity contribution in [3.05, 3.63) is 0 Å². The first-order chi connectivity index (χ1) is 12.3. The first-order valence-electron chi connectivity index (χ1n) is 10.1. The molecule has 0 aromatic carbocycles. The summed E-state index contributed by atoms with van der Waals surface area (Å²) in [5.74, 6) is -4.75. The van der Waals surface area contributed by atoms with Gasteiger partial charge >= 0.3 is 11.9 Å². The van der Waals surface area contributed by atoms with Gasteiger partial charge in [-0.25, -0.2) is 0 Å². The van der Waals surface area contributed by atoms with Crippen LogP contribution in [0.1, 0.15) is 90.4 Å². The number of carboxylic acid groups (broad SMARTS) is 1. The number of aliphatic hydroxyl groups excluding tert-OH is 1. The number of carboxylic acids is 1. The molecule has 1 saturated carbocycles. The molecule has 6 heteroatoms. The zero-order valence-corrected chi connectivity index (χ0v) is 15.9. The number of Topliss-reactive ketones (excluding diaryl/α,β-unsaturated/α-hetero) is 1. The van der Waals surface area contributed by atoms with Crippen LogP contribution in [0.5, 0.6) is 0 Å². The van der Waals surface area contributed by atoms with Crippen molar-refractivity contribution in [3.63, 3.8) is 0 Å². The minimum Gasteiger partial charge on any atom is -0.481 e. The van der Waals surface area contributed by atoms with Crippen LogP contribution < -0.4 is 0 Å². The largest absolute Gasteiger partial charge is 0.481 e. The third-order valence-electron chi connectivity index (χ3n) is 5.61. The van der Waals surface area contributed by atoms with Crippen molar-refractivity contribution >= 4 is 11.8 Å². The summed E-state index contributed by atoms with van der Waals surface area (Å²) >= 11 is 0. The summed E-state index contributed by atoms with van der Waals surface area (Å²) in [6.45, 7) is 1.83. The lowest BCUT2D eigenvalue weighted by Gasteiger charge is -2.23. The Balaban J connectivity index is 2.33. The molecule has 0 aromatic heterocycles. The quantitative estimate of drug-likeness (QED) is 0.420. The molecule has 3 atom stereocenters. The van der Waals surface area contributed by atoms with Crippen LogP contribution >= 0.6 is 0 Å². The van der Waals surface area contributed by atoms with Crippen molar-refractivity contribution in [3.8, 4) is 0 Å². The number of hydrogen-bond acceptors (Lipinski definition) is 3. The van der Waals surface area contributed by atoms with Gasteiger partial charge in [0.1, 0.15) is 0 Å². The molecule has 0 heterocycles. The predicted octanol–water partition coefficient (Wildman–Crippen LogP) is 4.97. The molecule has 1 rings (SSSR count). The third kappa shape index (κ3) is 8.11. The highest BCUT2D eigenvalue weighted by Crippen LogP contribution is 2.39. The topological polar surface area (TPSA) is 74.6 Å². The fourth-order valence-corrected chi connectivity index (χ4v) is 3.96. The van der Waals surface area contributed by atoms with Crippen molar-refractivity contribution in [1.82, 2.24) is 0 Å². The summed E-state index contributed by atoms with van der Waals surface area (Å²) in [5.41, 5.74) is 0. The highest BCUT2D eigenvalue weighted by atomic mass is 19.3. The number of carbonyl (C=O) groups is 2. The molecule has 1 aliphatic carbocycles. The highest BCUT2D eigenvalue weighted by Gasteiger charge is 2.39. The monoisotopic (exact) mass is 376 g/mol.